The summed E-state index contributed by atoms with van der Waals surface area (Å²) in [6.45, 7) is 3.54. The van der Waals surface area contributed by atoms with Crippen molar-refractivity contribution in [1.82, 2.24) is 4.90 Å². The average molecular weight is 287 g/mol. The molecule has 0 fully saturated rings. The van der Waals surface area contributed by atoms with Crippen molar-refractivity contribution in [2.24, 2.45) is 0 Å². The van der Waals surface area contributed by atoms with Crippen LogP contribution in [0.2, 0.25) is 0 Å². The second-order valence-corrected chi connectivity index (χ2v) is 6.03. The molecular weight excluding hydrogens is 270 g/mol. The Morgan fingerprint density at radius 1 is 1.40 bits per heavy atom. The van der Waals surface area contributed by atoms with Gasteiger partial charge in [0.05, 0.1) is 5.92 Å². The zero-order valence-corrected chi connectivity index (χ0v) is 12.1. The number of nitrogens with zero attached hydrogens (tertiary/aromatic N) is 1. The van der Waals surface area contributed by atoms with Crippen molar-refractivity contribution in [1.29, 1.82) is 0 Å². The maximum Gasteiger partial charge on any atom is 0.312 e. The fourth-order valence-corrected chi connectivity index (χ4v) is 3.61. The molecule has 0 saturated heterocycles. The minimum Gasteiger partial charge on any atom is -0.481 e. The number of aliphatic carboxylic acids is 1. The maximum atomic E-state index is 11.5. The van der Waals surface area contributed by atoms with Gasteiger partial charge in [0.25, 0.3) is 0 Å². The zero-order chi connectivity index (χ0) is 14.1. The van der Waals surface area contributed by atoms with E-state index in [2.05, 4.69) is 28.7 Å². The van der Waals surface area contributed by atoms with Gasteiger partial charge < -0.3 is 5.11 Å². The largest absolute Gasteiger partial charge is 0.481 e. The predicted molar refractivity (Wildman–Crippen MR) is 80.0 cm³/mol. The monoisotopic (exact) mass is 287 g/mol. The molecule has 20 heavy (non-hydrogen) atoms. The van der Waals surface area contributed by atoms with Gasteiger partial charge in [0.15, 0.2) is 0 Å². The number of benzene rings is 1. The first kappa shape index (κ1) is 13.3. The van der Waals surface area contributed by atoms with E-state index in [0.717, 1.165) is 17.7 Å². The van der Waals surface area contributed by atoms with E-state index in [0.29, 0.717) is 6.54 Å². The second-order valence-electron chi connectivity index (χ2n) is 5.25. The van der Waals surface area contributed by atoms with E-state index in [1.807, 2.05) is 24.3 Å². The minimum absolute atomic E-state index is 0.247. The SMILES string of the molecule is CC(c1ccsc1)N1Cc2ccccc2C(C(=O)O)C1. The van der Waals surface area contributed by atoms with E-state index in [1.54, 1.807) is 11.3 Å². The lowest BCUT2D eigenvalue weighted by atomic mass is 9.88. The molecular formula is C16H17NO2S. The normalized spacial score (nSPS) is 20.4. The molecule has 2 atom stereocenters. The van der Waals surface area contributed by atoms with Gasteiger partial charge in [-0.2, -0.15) is 11.3 Å². The van der Waals surface area contributed by atoms with Crippen molar-refractivity contribution >= 4 is 17.3 Å². The van der Waals surface area contributed by atoms with E-state index in [4.69, 9.17) is 0 Å². The van der Waals surface area contributed by atoms with E-state index in [-0.39, 0.29) is 6.04 Å². The fraction of sp³-hybridized carbons (Fsp3) is 0.312. The summed E-state index contributed by atoms with van der Waals surface area (Å²) in [7, 11) is 0. The summed E-state index contributed by atoms with van der Waals surface area (Å²) in [5.41, 5.74) is 3.36. The van der Waals surface area contributed by atoms with Gasteiger partial charge in [-0.15, -0.1) is 0 Å². The van der Waals surface area contributed by atoms with Crippen LogP contribution in [-0.4, -0.2) is 22.5 Å². The molecule has 0 amide bonds. The molecule has 0 bridgehead atoms. The number of fused-ring (bicyclic) bond motifs is 1. The van der Waals surface area contributed by atoms with Crippen molar-refractivity contribution in [3.63, 3.8) is 0 Å². The standard InChI is InChI=1S/C16H17NO2S/c1-11(13-6-7-20-10-13)17-8-12-4-2-3-5-14(12)15(9-17)16(18)19/h2-7,10-11,15H,8-9H2,1H3,(H,18,19). The van der Waals surface area contributed by atoms with E-state index < -0.39 is 11.9 Å². The topological polar surface area (TPSA) is 40.5 Å². The summed E-state index contributed by atoms with van der Waals surface area (Å²) < 4.78 is 0. The summed E-state index contributed by atoms with van der Waals surface area (Å²) in [5, 5.41) is 13.7. The Kier molecular flexibility index (Phi) is 3.59. The number of hydrogen-bond acceptors (Lipinski definition) is 3. The van der Waals surface area contributed by atoms with Crippen LogP contribution in [0.15, 0.2) is 41.1 Å². The van der Waals surface area contributed by atoms with Crippen molar-refractivity contribution in [3.8, 4) is 0 Å². The molecule has 0 radical (unpaired) electrons. The van der Waals surface area contributed by atoms with Gasteiger partial charge in [-0.3, -0.25) is 9.69 Å². The molecule has 3 nitrogen and oxygen atoms in total. The highest BCUT2D eigenvalue weighted by atomic mass is 32.1. The number of carbonyl (C=O) groups is 1. The van der Waals surface area contributed by atoms with Crippen molar-refractivity contribution in [3.05, 3.63) is 57.8 Å². The Bertz CT molecular complexity index is 609. The van der Waals surface area contributed by atoms with Crippen LogP contribution in [0.3, 0.4) is 0 Å². The Labute approximate surface area is 122 Å². The number of carboxylic acids is 1. The van der Waals surface area contributed by atoms with Crippen LogP contribution >= 0.6 is 11.3 Å². The van der Waals surface area contributed by atoms with Crippen LogP contribution in [0.4, 0.5) is 0 Å². The minimum atomic E-state index is -0.736. The van der Waals surface area contributed by atoms with Gasteiger partial charge in [0.2, 0.25) is 0 Å². The third-order valence-electron chi connectivity index (χ3n) is 4.09. The molecule has 3 rings (SSSR count). The first-order chi connectivity index (χ1) is 9.66. The molecule has 1 aliphatic heterocycles. The molecule has 2 heterocycles. The zero-order valence-electron chi connectivity index (χ0n) is 11.3. The van der Waals surface area contributed by atoms with Crippen LogP contribution in [-0.2, 0) is 11.3 Å². The molecule has 0 saturated carbocycles. The van der Waals surface area contributed by atoms with Crippen LogP contribution in [0, 0.1) is 0 Å². The number of thiophene rings is 1. The average Bonchev–Trinajstić information content (AvgIpc) is 2.99. The predicted octanol–water partition coefficient (Wildman–Crippen LogP) is 3.49. The molecule has 0 aliphatic carbocycles. The Balaban J connectivity index is 1.92. The number of hydrogen-bond donors (Lipinski definition) is 1. The molecule has 2 aromatic rings. The van der Waals surface area contributed by atoms with Crippen molar-refractivity contribution in [2.75, 3.05) is 6.54 Å². The quantitative estimate of drug-likeness (QED) is 0.939. The van der Waals surface area contributed by atoms with E-state index in [9.17, 15) is 9.90 Å². The summed E-state index contributed by atoms with van der Waals surface area (Å²) >= 11 is 1.68. The van der Waals surface area contributed by atoms with Crippen molar-refractivity contribution < 1.29 is 9.90 Å². The van der Waals surface area contributed by atoms with Crippen LogP contribution < -0.4 is 0 Å². The maximum absolute atomic E-state index is 11.5. The molecule has 0 spiro atoms. The van der Waals surface area contributed by atoms with Gasteiger partial charge in [-0.25, -0.2) is 0 Å². The lowest BCUT2D eigenvalue weighted by molar-refractivity contribution is -0.139. The highest BCUT2D eigenvalue weighted by Gasteiger charge is 2.32. The summed E-state index contributed by atoms with van der Waals surface area (Å²) in [5.74, 6) is -1.17. The Morgan fingerprint density at radius 3 is 2.90 bits per heavy atom. The van der Waals surface area contributed by atoms with Gasteiger partial charge in [0, 0.05) is 19.1 Å². The molecule has 1 N–H and O–H groups in total. The Hall–Kier alpha value is -1.65. The lowest BCUT2D eigenvalue weighted by Crippen LogP contribution is -2.38. The first-order valence-corrected chi connectivity index (χ1v) is 7.68. The van der Waals surface area contributed by atoms with Crippen LogP contribution in [0.25, 0.3) is 0 Å². The highest BCUT2D eigenvalue weighted by Crippen LogP contribution is 2.34. The number of rotatable bonds is 3. The molecule has 1 aromatic carbocycles. The van der Waals surface area contributed by atoms with E-state index >= 15 is 0 Å². The molecule has 2 unspecified atom stereocenters. The fourth-order valence-electron chi connectivity index (χ4n) is 2.86. The summed E-state index contributed by atoms with van der Waals surface area (Å²) in [4.78, 5) is 13.8. The summed E-state index contributed by atoms with van der Waals surface area (Å²) in [6.07, 6.45) is 0. The summed E-state index contributed by atoms with van der Waals surface area (Å²) in [6, 6.07) is 10.3. The van der Waals surface area contributed by atoms with Gasteiger partial charge in [0.1, 0.15) is 0 Å². The smallest absolute Gasteiger partial charge is 0.312 e. The molecule has 104 valence electrons. The van der Waals surface area contributed by atoms with Crippen molar-refractivity contribution in [2.45, 2.75) is 25.4 Å². The first-order valence-electron chi connectivity index (χ1n) is 6.73. The van der Waals surface area contributed by atoms with Gasteiger partial charge in [-0.05, 0) is 40.4 Å². The van der Waals surface area contributed by atoms with E-state index in [1.165, 1.54) is 5.56 Å². The number of carboxylic acid groups (broad SMARTS) is 1. The van der Waals surface area contributed by atoms with Crippen LogP contribution in [0.5, 0.6) is 0 Å². The van der Waals surface area contributed by atoms with Gasteiger partial charge >= 0.3 is 5.97 Å². The molecule has 4 heteroatoms. The lowest BCUT2D eigenvalue weighted by Gasteiger charge is -2.36. The molecule has 1 aliphatic rings. The van der Waals surface area contributed by atoms with Gasteiger partial charge in [-0.1, -0.05) is 24.3 Å². The third-order valence-corrected chi connectivity index (χ3v) is 4.79. The Morgan fingerprint density at radius 2 is 2.20 bits per heavy atom. The third kappa shape index (κ3) is 2.37. The second kappa shape index (κ2) is 5.38. The van der Waals surface area contributed by atoms with Crippen LogP contribution in [0.1, 0.15) is 35.6 Å². The molecule has 1 aromatic heterocycles. The highest BCUT2D eigenvalue weighted by molar-refractivity contribution is 7.07.